The smallest absolute Gasteiger partial charge is 0.321 e. The Bertz CT molecular complexity index is 232. The van der Waals surface area contributed by atoms with Crippen molar-refractivity contribution >= 4 is 11.9 Å². The van der Waals surface area contributed by atoms with E-state index in [2.05, 4.69) is 21.9 Å². The quantitative estimate of drug-likeness (QED) is 0.494. The molecule has 0 aliphatic rings. The van der Waals surface area contributed by atoms with Crippen LogP contribution in [0.1, 0.15) is 6.92 Å². The molecule has 0 fully saturated rings. The number of terminal acetylenes is 1. The number of imide groups is 1. The minimum absolute atomic E-state index is 0.294. The van der Waals surface area contributed by atoms with Crippen LogP contribution in [0.5, 0.6) is 0 Å². The second-order valence-corrected chi connectivity index (χ2v) is 2.38. The van der Waals surface area contributed by atoms with Crippen LogP contribution in [0.3, 0.4) is 0 Å². The van der Waals surface area contributed by atoms with Gasteiger partial charge in [-0.2, -0.15) is 0 Å². The van der Waals surface area contributed by atoms with Gasteiger partial charge in [-0.25, -0.2) is 4.79 Å². The minimum Gasteiger partial charge on any atom is -0.341 e. The lowest BCUT2D eigenvalue weighted by Gasteiger charge is -2.10. The molecular weight excluding hydrogens is 170 g/mol. The van der Waals surface area contributed by atoms with Crippen LogP contribution in [0.4, 0.5) is 4.79 Å². The maximum absolute atomic E-state index is 11.1. The van der Waals surface area contributed by atoms with Gasteiger partial charge in [0, 0.05) is 7.05 Å². The summed E-state index contributed by atoms with van der Waals surface area (Å²) < 4.78 is 0. The molecule has 5 heteroatoms. The highest BCUT2D eigenvalue weighted by atomic mass is 16.2. The van der Waals surface area contributed by atoms with Gasteiger partial charge in [-0.15, -0.1) is 6.42 Å². The maximum Gasteiger partial charge on any atom is 0.321 e. The van der Waals surface area contributed by atoms with Crippen molar-refractivity contribution in [2.24, 2.45) is 0 Å². The van der Waals surface area contributed by atoms with E-state index in [1.807, 2.05) is 0 Å². The van der Waals surface area contributed by atoms with Gasteiger partial charge in [0.15, 0.2) is 0 Å². The molecule has 1 unspecified atom stereocenters. The van der Waals surface area contributed by atoms with Crippen molar-refractivity contribution in [3.05, 3.63) is 0 Å². The van der Waals surface area contributed by atoms with Crippen molar-refractivity contribution in [3.8, 4) is 12.3 Å². The van der Waals surface area contributed by atoms with Crippen LogP contribution in [0.15, 0.2) is 0 Å². The van der Waals surface area contributed by atoms with E-state index >= 15 is 0 Å². The largest absolute Gasteiger partial charge is 0.341 e. The van der Waals surface area contributed by atoms with E-state index in [1.165, 1.54) is 7.05 Å². The molecule has 0 spiro atoms. The van der Waals surface area contributed by atoms with Gasteiger partial charge in [-0.3, -0.25) is 15.4 Å². The lowest BCUT2D eigenvalue weighted by atomic mass is 10.3. The van der Waals surface area contributed by atoms with Crippen LogP contribution in [-0.2, 0) is 4.79 Å². The topological polar surface area (TPSA) is 70.2 Å². The van der Waals surface area contributed by atoms with Crippen molar-refractivity contribution < 1.29 is 9.59 Å². The van der Waals surface area contributed by atoms with E-state index in [0.29, 0.717) is 6.54 Å². The van der Waals surface area contributed by atoms with Crippen LogP contribution in [0, 0.1) is 12.3 Å². The normalized spacial score (nSPS) is 11.2. The van der Waals surface area contributed by atoms with E-state index in [9.17, 15) is 9.59 Å². The summed E-state index contributed by atoms with van der Waals surface area (Å²) in [7, 11) is 1.43. The van der Waals surface area contributed by atoms with E-state index in [1.54, 1.807) is 6.92 Å². The Labute approximate surface area is 77.3 Å². The predicted molar refractivity (Wildman–Crippen MR) is 48.9 cm³/mol. The molecular formula is C8H13N3O2. The number of nitrogens with one attached hydrogen (secondary N) is 3. The summed E-state index contributed by atoms with van der Waals surface area (Å²) in [4.78, 5) is 21.8. The molecule has 3 N–H and O–H groups in total. The van der Waals surface area contributed by atoms with Crippen molar-refractivity contribution in [1.29, 1.82) is 0 Å². The molecule has 0 bridgehead atoms. The third-order valence-corrected chi connectivity index (χ3v) is 1.37. The number of carbonyl (C=O) groups excluding carboxylic acids is 2. The highest BCUT2D eigenvalue weighted by Crippen LogP contribution is 1.80. The zero-order chi connectivity index (χ0) is 10.3. The van der Waals surface area contributed by atoms with Crippen LogP contribution in [0.2, 0.25) is 0 Å². The highest BCUT2D eigenvalue weighted by Gasteiger charge is 2.13. The molecule has 1 atom stereocenters. The van der Waals surface area contributed by atoms with Gasteiger partial charge in [0.25, 0.3) is 0 Å². The summed E-state index contributed by atoms with van der Waals surface area (Å²) in [6, 6.07) is -1.01. The Morgan fingerprint density at radius 1 is 1.54 bits per heavy atom. The summed E-state index contributed by atoms with van der Waals surface area (Å²) in [5.74, 6) is 1.92. The molecule has 0 aliphatic carbocycles. The fourth-order valence-corrected chi connectivity index (χ4v) is 0.587. The van der Waals surface area contributed by atoms with E-state index < -0.39 is 18.0 Å². The molecule has 0 radical (unpaired) electrons. The van der Waals surface area contributed by atoms with Gasteiger partial charge in [0.05, 0.1) is 12.6 Å². The summed E-state index contributed by atoms with van der Waals surface area (Å²) in [5, 5.41) is 7.12. The first-order valence-electron chi connectivity index (χ1n) is 3.81. The second-order valence-electron chi connectivity index (χ2n) is 2.38. The Hall–Kier alpha value is -1.54. The first-order valence-corrected chi connectivity index (χ1v) is 3.81. The highest BCUT2D eigenvalue weighted by molar-refractivity contribution is 5.96. The molecule has 0 heterocycles. The van der Waals surface area contributed by atoms with Gasteiger partial charge < -0.3 is 5.32 Å². The Morgan fingerprint density at radius 3 is 2.62 bits per heavy atom. The van der Waals surface area contributed by atoms with E-state index in [-0.39, 0.29) is 0 Å². The van der Waals surface area contributed by atoms with Crippen LogP contribution in [-0.4, -0.2) is 31.6 Å². The monoisotopic (exact) mass is 183 g/mol. The fourth-order valence-electron chi connectivity index (χ4n) is 0.587. The Balaban J connectivity index is 3.83. The standard InChI is InChI=1S/C8H13N3O2/c1-4-5-10-6(2)7(12)11-8(13)9-3/h1,6,10H,5H2,2-3H3,(H2,9,11,12,13). The third-order valence-electron chi connectivity index (χ3n) is 1.37. The lowest BCUT2D eigenvalue weighted by molar-refractivity contribution is -0.121. The lowest BCUT2D eigenvalue weighted by Crippen LogP contribution is -2.47. The number of rotatable bonds is 3. The molecule has 5 nitrogen and oxygen atoms in total. The SMILES string of the molecule is C#CCNC(C)C(=O)NC(=O)NC. The number of amides is 3. The molecule has 0 saturated carbocycles. The van der Waals surface area contributed by atoms with Crippen LogP contribution >= 0.6 is 0 Å². The zero-order valence-corrected chi connectivity index (χ0v) is 7.68. The van der Waals surface area contributed by atoms with Crippen molar-refractivity contribution in [1.82, 2.24) is 16.0 Å². The number of carbonyl (C=O) groups is 2. The van der Waals surface area contributed by atoms with Crippen molar-refractivity contribution in [3.63, 3.8) is 0 Å². The number of urea groups is 1. The molecule has 0 aliphatic heterocycles. The first kappa shape index (κ1) is 11.5. The van der Waals surface area contributed by atoms with Gasteiger partial charge in [0.1, 0.15) is 0 Å². The van der Waals surface area contributed by atoms with E-state index in [4.69, 9.17) is 6.42 Å². The van der Waals surface area contributed by atoms with Gasteiger partial charge >= 0.3 is 6.03 Å². The minimum atomic E-state index is -0.528. The molecule has 0 aromatic heterocycles. The summed E-state index contributed by atoms with van der Waals surface area (Å²) in [6.07, 6.45) is 4.98. The molecule has 13 heavy (non-hydrogen) atoms. The third kappa shape index (κ3) is 4.82. The Morgan fingerprint density at radius 2 is 2.15 bits per heavy atom. The molecule has 0 rings (SSSR count). The molecule has 0 aromatic rings. The molecule has 0 saturated heterocycles. The first-order chi connectivity index (χ1) is 6.11. The molecule has 3 amide bonds. The van der Waals surface area contributed by atoms with Gasteiger partial charge in [-0.05, 0) is 6.92 Å². The fraction of sp³-hybridized carbons (Fsp3) is 0.500. The average molecular weight is 183 g/mol. The summed E-state index contributed by atoms with van der Waals surface area (Å²) >= 11 is 0. The average Bonchev–Trinajstić information content (AvgIpc) is 2.13. The number of hydrogen-bond acceptors (Lipinski definition) is 3. The maximum atomic E-state index is 11.1. The van der Waals surface area contributed by atoms with Crippen molar-refractivity contribution in [2.75, 3.05) is 13.6 Å². The van der Waals surface area contributed by atoms with Gasteiger partial charge in [-0.1, -0.05) is 5.92 Å². The summed E-state index contributed by atoms with van der Waals surface area (Å²) in [5.41, 5.74) is 0. The van der Waals surface area contributed by atoms with Crippen LogP contribution < -0.4 is 16.0 Å². The van der Waals surface area contributed by atoms with E-state index in [0.717, 1.165) is 0 Å². The Kier molecular flexibility index (Phi) is 5.32. The number of hydrogen-bond donors (Lipinski definition) is 3. The predicted octanol–water partition coefficient (Wildman–Crippen LogP) is -0.947. The molecule has 0 aromatic carbocycles. The van der Waals surface area contributed by atoms with Gasteiger partial charge in [0.2, 0.25) is 5.91 Å². The summed E-state index contributed by atoms with van der Waals surface area (Å²) in [6.45, 7) is 1.91. The second kappa shape index (κ2) is 6.03. The molecule has 72 valence electrons. The zero-order valence-electron chi connectivity index (χ0n) is 7.68. The van der Waals surface area contributed by atoms with Crippen LogP contribution in [0.25, 0.3) is 0 Å². The van der Waals surface area contributed by atoms with Crippen molar-refractivity contribution in [2.45, 2.75) is 13.0 Å².